The highest BCUT2D eigenvalue weighted by molar-refractivity contribution is 5.95. The second kappa shape index (κ2) is 9.62. The topological polar surface area (TPSA) is 118 Å². The summed E-state index contributed by atoms with van der Waals surface area (Å²) in [5.41, 5.74) is -17.5. The number of esters is 2. The molecule has 0 amide bonds. The van der Waals surface area contributed by atoms with Crippen molar-refractivity contribution in [2.75, 3.05) is 0 Å². The number of hydrogen-bond acceptors (Lipinski definition) is 5. The summed E-state index contributed by atoms with van der Waals surface area (Å²) in [6.45, 7) is 0. The number of aliphatic carboxylic acids is 2. The molecular formula is C14H2F20O7. The van der Waals surface area contributed by atoms with Crippen molar-refractivity contribution >= 4 is 23.9 Å². The van der Waals surface area contributed by atoms with Crippen LogP contribution in [0.5, 0.6) is 0 Å². The molecule has 0 aromatic heterocycles. The maximum absolute atomic E-state index is 14.1. The first-order chi connectivity index (χ1) is 17.4. The number of carboxylic acids is 2. The molecule has 0 atom stereocenters. The van der Waals surface area contributed by atoms with Gasteiger partial charge < -0.3 is 14.9 Å². The van der Waals surface area contributed by atoms with Crippen LogP contribution in [0.1, 0.15) is 0 Å². The summed E-state index contributed by atoms with van der Waals surface area (Å²) >= 11 is 0. The molecule has 240 valence electrons. The van der Waals surface area contributed by atoms with E-state index >= 15 is 0 Å². The highest BCUT2D eigenvalue weighted by Crippen LogP contribution is 2.68. The van der Waals surface area contributed by atoms with Crippen molar-refractivity contribution < 1.29 is 122 Å². The van der Waals surface area contributed by atoms with Crippen molar-refractivity contribution in [1.82, 2.24) is 0 Å². The molecule has 7 nitrogen and oxygen atoms in total. The average Bonchev–Trinajstić information content (AvgIpc) is 2.62. The van der Waals surface area contributed by atoms with Crippen LogP contribution in [0, 0.1) is 10.8 Å². The lowest BCUT2D eigenvalue weighted by molar-refractivity contribution is -0.441. The number of rotatable bonds is 8. The highest BCUT2D eigenvalue weighted by atomic mass is 19.4. The Morgan fingerprint density at radius 2 is 0.537 bits per heavy atom. The van der Waals surface area contributed by atoms with E-state index in [1.165, 1.54) is 0 Å². The highest BCUT2D eigenvalue weighted by Gasteiger charge is 2.98. The zero-order chi connectivity index (χ0) is 34.0. The number of carbonyl (C=O) groups is 4. The number of halogens is 20. The minimum Gasteiger partial charge on any atom is -0.477 e. The normalized spacial score (nSPS) is 15.4. The van der Waals surface area contributed by atoms with Gasteiger partial charge in [-0.2, -0.15) is 87.8 Å². The summed E-state index contributed by atoms with van der Waals surface area (Å²) in [6.07, 6.45) is -34.1. The molecule has 0 rings (SSSR count). The van der Waals surface area contributed by atoms with Gasteiger partial charge in [0.05, 0.1) is 0 Å². The lowest BCUT2D eigenvalue weighted by atomic mass is 9.72. The maximum atomic E-state index is 14.1. The lowest BCUT2D eigenvalue weighted by Gasteiger charge is -2.44. The fourth-order valence-electron chi connectivity index (χ4n) is 2.98. The van der Waals surface area contributed by atoms with Gasteiger partial charge in [-0.1, -0.05) is 0 Å². The van der Waals surface area contributed by atoms with E-state index in [9.17, 15) is 107 Å². The molecule has 0 fully saturated rings. The average molecular weight is 662 g/mol. The third-order valence-electron chi connectivity index (χ3n) is 4.82. The SMILES string of the molecule is O=C(O)C(F)(F)C(C(F)(F)F)(C(F)(F)F)C(F)(F)C(=O)OC(=O)C(F)(F)C(C(F)(F)F)(C(F)(F)F)C(F)(F)C(=O)O. The van der Waals surface area contributed by atoms with Crippen molar-refractivity contribution in [3.8, 4) is 0 Å². The molecule has 0 spiro atoms. The molecular weight excluding hydrogens is 660 g/mol. The summed E-state index contributed by atoms with van der Waals surface area (Å²) < 4.78 is 269. The second-order valence-corrected chi connectivity index (χ2v) is 7.08. The molecule has 0 saturated carbocycles. The molecule has 0 radical (unpaired) electrons. The van der Waals surface area contributed by atoms with Crippen LogP contribution in [0.2, 0.25) is 0 Å². The van der Waals surface area contributed by atoms with Gasteiger partial charge in [0.1, 0.15) is 0 Å². The molecule has 0 saturated heterocycles. The van der Waals surface area contributed by atoms with Gasteiger partial charge in [0.25, 0.3) is 0 Å². The largest absolute Gasteiger partial charge is 0.477 e. The summed E-state index contributed by atoms with van der Waals surface area (Å²) in [7, 11) is 0. The van der Waals surface area contributed by atoms with Gasteiger partial charge in [0.15, 0.2) is 0 Å². The van der Waals surface area contributed by atoms with E-state index in [0.29, 0.717) is 0 Å². The molecule has 0 aromatic carbocycles. The van der Waals surface area contributed by atoms with Crippen LogP contribution in [-0.4, -0.2) is 82.5 Å². The Kier molecular flexibility index (Phi) is 8.84. The van der Waals surface area contributed by atoms with E-state index in [-0.39, 0.29) is 0 Å². The number of alkyl halides is 20. The first-order valence-corrected chi connectivity index (χ1v) is 8.45. The van der Waals surface area contributed by atoms with Crippen LogP contribution in [-0.2, 0) is 23.9 Å². The Morgan fingerprint density at radius 3 is 0.659 bits per heavy atom. The van der Waals surface area contributed by atoms with Crippen LogP contribution in [0.25, 0.3) is 0 Å². The number of hydrogen-bond donors (Lipinski definition) is 2. The van der Waals surface area contributed by atoms with Crippen LogP contribution >= 0.6 is 0 Å². The Balaban J connectivity index is 7.68. The van der Waals surface area contributed by atoms with E-state index in [1.54, 1.807) is 4.74 Å². The van der Waals surface area contributed by atoms with Gasteiger partial charge in [0, 0.05) is 0 Å². The monoisotopic (exact) mass is 662 g/mol. The molecule has 0 aliphatic heterocycles. The molecule has 0 heterocycles. The summed E-state index contributed by atoms with van der Waals surface area (Å²) in [5, 5.41) is 16.0. The summed E-state index contributed by atoms with van der Waals surface area (Å²) in [6, 6.07) is 0. The second-order valence-electron chi connectivity index (χ2n) is 7.08. The van der Waals surface area contributed by atoms with Crippen LogP contribution in [0.15, 0.2) is 0 Å². The van der Waals surface area contributed by atoms with Gasteiger partial charge in [-0.05, 0) is 0 Å². The van der Waals surface area contributed by atoms with E-state index in [2.05, 4.69) is 0 Å². The smallest absolute Gasteiger partial charge is 0.416 e. The molecule has 0 unspecified atom stereocenters. The molecule has 0 aliphatic carbocycles. The molecule has 0 aromatic rings. The van der Waals surface area contributed by atoms with Crippen LogP contribution < -0.4 is 0 Å². The molecule has 0 aliphatic rings. The number of carbonyl (C=O) groups excluding carboxylic acids is 2. The molecule has 2 N–H and O–H groups in total. The van der Waals surface area contributed by atoms with Crippen molar-refractivity contribution in [3.05, 3.63) is 0 Å². The Morgan fingerprint density at radius 1 is 0.366 bits per heavy atom. The van der Waals surface area contributed by atoms with Gasteiger partial charge in [-0.3, -0.25) is 0 Å². The Labute approximate surface area is 206 Å². The van der Waals surface area contributed by atoms with E-state index in [1.807, 2.05) is 0 Å². The van der Waals surface area contributed by atoms with Crippen LogP contribution in [0.3, 0.4) is 0 Å². The summed E-state index contributed by atoms with van der Waals surface area (Å²) in [5.74, 6) is -54.1. The molecule has 0 bridgehead atoms. The van der Waals surface area contributed by atoms with Gasteiger partial charge in [-0.25, -0.2) is 19.2 Å². The van der Waals surface area contributed by atoms with Gasteiger partial charge in [0.2, 0.25) is 0 Å². The Hall–Kier alpha value is -3.32. The van der Waals surface area contributed by atoms with E-state index < -0.39 is 83.1 Å². The van der Waals surface area contributed by atoms with Gasteiger partial charge in [-0.15, -0.1) is 0 Å². The lowest BCUT2D eigenvalue weighted by Crippen LogP contribution is -2.75. The van der Waals surface area contributed by atoms with Crippen molar-refractivity contribution in [3.63, 3.8) is 0 Å². The van der Waals surface area contributed by atoms with Gasteiger partial charge >= 0.3 is 83.1 Å². The quantitative estimate of drug-likeness (QED) is 0.214. The predicted molar refractivity (Wildman–Crippen MR) is 75.2 cm³/mol. The Bertz CT molecular complexity index is 964. The molecule has 27 heteroatoms. The minimum absolute atomic E-state index is 1.69. The first kappa shape index (κ1) is 37.7. The van der Waals surface area contributed by atoms with Crippen LogP contribution in [0.4, 0.5) is 87.8 Å². The fraction of sp³-hybridized carbons (Fsp3) is 0.714. The number of ether oxygens (including phenoxy) is 1. The molecule has 41 heavy (non-hydrogen) atoms. The third kappa shape index (κ3) is 4.72. The maximum Gasteiger partial charge on any atom is 0.416 e. The zero-order valence-corrected chi connectivity index (χ0v) is 17.5. The predicted octanol–water partition coefficient (Wildman–Crippen LogP) is 4.99. The van der Waals surface area contributed by atoms with Crippen molar-refractivity contribution in [1.29, 1.82) is 0 Å². The zero-order valence-electron chi connectivity index (χ0n) is 17.5. The van der Waals surface area contributed by atoms with Crippen molar-refractivity contribution in [2.24, 2.45) is 10.8 Å². The number of carboxylic acid groups (broad SMARTS) is 2. The van der Waals surface area contributed by atoms with Crippen molar-refractivity contribution in [2.45, 2.75) is 48.4 Å². The first-order valence-electron chi connectivity index (χ1n) is 8.45. The fourth-order valence-corrected chi connectivity index (χ4v) is 2.98. The van der Waals surface area contributed by atoms with E-state index in [4.69, 9.17) is 10.2 Å². The minimum atomic E-state index is -8.73. The summed E-state index contributed by atoms with van der Waals surface area (Å²) in [4.78, 5) is 43.1. The van der Waals surface area contributed by atoms with E-state index in [0.717, 1.165) is 0 Å². The third-order valence-corrected chi connectivity index (χ3v) is 4.82. The standard InChI is InChI=1S/C14H2F20O7/c15-5(16,1(35)36)9(11(23,24)25,12(26,27)28)7(19,20)3(39)41-4(40)8(21,22)10(13(29,30)31,14(32,33)34)6(17,18)2(37)38/h(H,35,36)(H,37,38).